The largest absolute Gasteiger partial charge is 0.394 e. The topological polar surface area (TPSA) is 23.5 Å². The summed E-state index contributed by atoms with van der Waals surface area (Å²) < 4.78 is 0.842. The van der Waals surface area contributed by atoms with Crippen LogP contribution in [-0.2, 0) is 6.42 Å². The van der Waals surface area contributed by atoms with E-state index in [9.17, 15) is 5.11 Å². The maximum atomic E-state index is 9.21. The Hall–Kier alpha value is -0.0900. The molecule has 0 aliphatic rings. The average Bonchev–Trinajstić information content (AvgIpc) is 2.60. The predicted octanol–water partition coefficient (Wildman–Crippen LogP) is 2.65. The number of rotatable bonds is 5. The molecule has 1 N–H and O–H groups in total. The van der Waals surface area contributed by atoms with Gasteiger partial charge in [0.2, 0.25) is 0 Å². The van der Waals surface area contributed by atoms with Gasteiger partial charge in [-0.05, 0) is 39.4 Å². The Labute approximate surface area is 100 Å². The van der Waals surface area contributed by atoms with Crippen LogP contribution in [0.1, 0.15) is 18.7 Å². The Balaban J connectivity index is 2.44. The smallest absolute Gasteiger partial charge is 0.0931 e. The highest BCUT2D eigenvalue weighted by molar-refractivity contribution is 7.16. The first-order valence-electron chi connectivity index (χ1n) is 5.02. The third kappa shape index (κ3) is 3.76. The number of hydrogen-bond acceptors (Lipinski definition) is 3. The van der Waals surface area contributed by atoms with E-state index in [4.69, 9.17) is 11.6 Å². The zero-order valence-electron chi connectivity index (χ0n) is 9.46. The molecule has 4 heteroatoms. The quantitative estimate of drug-likeness (QED) is 0.865. The van der Waals surface area contributed by atoms with Crippen LogP contribution in [0.25, 0.3) is 0 Å². The summed E-state index contributed by atoms with van der Waals surface area (Å²) in [6.07, 6.45) is 0.983. The van der Waals surface area contributed by atoms with Crippen LogP contribution in [0.2, 0.25) is 4.34 Å². The average molecular weight is 248 g/mol. The number of hydrogen-bond donors (Lipinski definition) is 1. The molecule has 0 aliphatic heterocycles. The van der Waals surface area contributed by atoms with Crippen LogP contribution in [0.4, 0.5) is 0 Å². The van der Waals surface area contributed by atoms with Crippen molar-refractivity contribution in [1.82, 2.24) is 4.90 Å². The molecule has 0 bridgehead atoms. The minimum atomic E-state index is -0.152. The lowest BCUT2D eigenvalue weighted by Gasteiger charge is -2.33. The molecule has 1 rings (SSSR count). The molecule has 0 atom stereocenters. The van der Waals surface area contributed by atoms with E-state index in [-0.39, 0.29) is 12.1 Å². The first-order valence-corrected chi connectivity index (χ1v) is 6.21. The van der Waals surface area contributed by atoms with Gasteiger partial charge < -0.3 is 5.11 Å². The van der Waals surface area contributed by atoms with E-state index in [1.54, 1.807) is 11.3 Å². The van der Waals surface area contributed by atoms with Gasteiger partial charge >= 0.3 is 0 Å². The van der Waals surface area contributed by atoms with E-state index in [1.807, 2.05) is 27.0 Å². The Morgan fingerprint density at radius 2 is 2.13 bits per heavy atom. The summed E-state index contributed by atoms with van der Waals surface area (Å²) in [6, 6.07) is 3.99. The standard InChI is InChI=1S/C11H18ClNOS/c1-11(2,8-14)13(3)7-6-9-4-5-10(12)15-9/h4-5,14H,6-8H2,1-3H3. The van der Waals surface area contributed by atoms with Gasteiger partial charge in [0.05, 0.1) is 10.9 Å². The Morgan fingerprint density at radius 3 is 2.60 bits per heavy atom. The molecular formula is C11H18ClNOS. The van der Waals surface area contributed by atoms with Crippen molar-refractivity contribution in [3.63, 3.8) is 0 Å². The van der Waals surface area contributed by atoms with Crippen molar-refractivity contribution in [3.05, 3.63) is 21.3 Å². The van der Waals surface area contributed by atoms with Gasteiger partial charge in [-0.2, -0.15) is 0 Å². The normalized spacial score (nSPS) is 12.4. The molecular weight excluding hydrogens is 230 g/mol. The van der Waals surface area contributed by atoms with Crippen molar-refractivity contribution in [2.24, 2.45) is 0 Å². The minimum Gasteiger partial charge on any atom is -0.394 e. The van der Waals surface area contributed by atoms with Gasteiger partial charge in [-0.15, -0.1) is 11.3 Å². The summed E-state index contributed by atoms with van der Waals surface area (Å²) in [5.74, 6) is 0. The lowest BCUT2D eigenvalue weighted by Crippen LogP contribution is -2.45. The van der Waals surface area contributed by atoms with Gasteiger partial charge in [0.1, 0.15) is 0 Å². The molecule has 1 aromatic rings. The van der Waals surface area contributed by atoms with Crippen LogP contribution in [0, 0.1) is 0 Å². The molecule has 0 amide bonds. The third-order valence-electron chi connectivity index (χ3n) is 2.74. The summed E-state index contributed by atoms with van der Waals surface area (Å²) in [5, 5.41) is 9.21. The summed E-state index contributed by atoms with van der Waals surface area (Å²) >= 11 is 7.48. The number of aliphatic hydroxyl groups excluding tert-OH is 1. The Bertz CT molecular complexity index is 311. The molecule has 0 aromatic carbocycles. The second-order valence-electron chi connectivity index (χ2n) is 4.35. The molecule has 0 saturated carbocycles. The Kier molecular flexibility index (Phi) is 4.59. The van der Waals surface area contributed by atoms with Crippen molar-refractivity contribution >= 4 is 22.9 Å². The van der Waals surface area contributed by atoms with Gasteiger partial charge in [-0.1, -0.05) is 11.6 Å². The van der Waals surface area contributed by atoms with E-state index in [2.05, 4.69) is 11.0 Å². The van der Waals surface area contributed by atoms with Gasteiger partial charge in [0.25, 0.3) is 0 Å². The highest BCUT2D eigenvalue weighted by Crippen LogP contribution is 2.22. The monoisotopic (exact) mass is 247 g/mol. The number of thiophene rings is 1. The fraction of sp³-hybridized carbons (Fsp3) is 0.636. The molecule has 86 valence electrons. The maximum absolute atomic E-state index is 9.21. The van der Waals surface area contributed by atoms with E-state index in [0.717, 1.165) is 17.3 Å². The molecule has 0 spiro atoms. The van der Waals surface area contributed by atoms with Crippen LogP contribution in [0.15, 0.2) is 12.1 Å². The zero-order valence-corrected chi connectivity index (χ0v) is 11.0. The maximum Gasteiger partial charge on any atom is 0.0931 e. The zero-order chi connectivity index (χ0) is 11.5. The van der Waals surface area contributed by atoms with E-state index >= 15 is 0 Å². The highest BCUT2D eigenvalue weighted by Gasteiger charge is 2.21. The SMILES string of the molecule is CN(CCc1ccc(Cl)s1)C(C)(C)CO. The molecule has 1 heterocycles. The van der Waals surface area contributed by atoms with Crippen LogP contribution in [0.5, 0.6) is 0 Å². The van der Waals surface area contributed by atoms with Gasteiger partial charge in [0.15, 0.2) is 0 Å². The van der Waals surface area contributed by atoms with Crippen molar-refractivity contribution in [2.45, 2.75) is 25.8 Å². The number of aliphatic hydroxyl groups is 1. The molecule has 0 radical (unpaired) electrons. The van der Waals surface area contributed by atoms with Crippen molar-refractivity contribution in [3.8, 4) is 0 Å². The number of halogens is 1. The van der Waals surface area contributed by atoms with Crippen LogP contribution < -0.4 is 0 Å². The van der Waals surface area contributed by atoms with Gasteiger partial charge in [-0.3, -0.25) is 4.90 Å². The fourth-order valence-corrected chi connectivity index (χ4v) is 2.26. The summed E-state index contributed by atoms with van der Waals surface area (Å²) in [5.41, 5.74) is -0.152. The van der Waals surface area contributed by atoms with Gasteiger partial charge in [0, 0.05) is 17.0 Å². The lowest BCUT2D eigenvalue weighted by atomic mass is 10.1. The molecule has 0 aliphatic carbocycles. The summed E-state index contributed by atoms with van der Waals surface area (Å²) in [6.45, 7) is 5.18. The highest BCUT2D eigenvalue weighted by atomic mass is 35.5. The molecule has 15 heavy (non-hydrogen) atoms. The first-order chi connectivity index (χ1) is 6.95. The van der Waals surface area contributed by atoms with Crippen molar-refractivity contribution in [2.75, 3.05) is 20.2 Å². The van der Waals surface area contributed by atoms with E-state index in [0.29, 0.717) is 0 Å². The minimum absolute atomic E-state index is 0.152. The summed E-state index contributed by atoms with van der Waals surface area (Å²) in [7, 11) is 2.03. The van der Waals surface area contributed by atoms with Crippen molar-refractivity contribution < 1.29 is 5.11 Å². The second kappa shape index (κ2) is 5.30. The lowest BCUT2D eigenvalue weighted by molar-refractivity contribution is 0.0802. The molecule has 0 saturated heterocycles. The molecule has 1 aromatic heterocycles. The number of nitrogens with zero attached hydrogens (tertiary/aromatic N) is 1. The van der Waals surface area contributed by atoms with Crippen LogP contribution >= 0.6 is 22.9 Å². The first kappa shape index (κ1) is 13.0. The number of likely N-dealkylation sites (N-methyl/N-ethyl adjacent to an activating group) is 1. The molecule has 0 unspecified atom stereocenters. The third-order valence-corrected chi connectivity index (χ3v) is 4.03. The molecule has 0 fully saturated rings. The molecule has 2 nitrogen and oxygen atoms in total. The van der Waals surface area contributed by atoms with Crippen molar-refractivity contribution in [1.29, 1.82) is 0 Å². The summed E-state index contributed by atoms with van der Waals surface area (Å²) in [4.78, 5) is 3.46. The second-order valence-corrected chi connectivity index (χ2v) is 6.15. The van der Waals surface area contributed by atoms with E-state index in [1.165, 1.54) is 4.88 Å². The van der Waals surface area contributed by atoms with E-state index < -0.39 is 0 Å². The van der Waals surface area contributed by atoms with Gasteiger partial charge in [-0.25, -0.2) is 0 Å². The Morgan fingerprint density at radius 1 is 1.47 bits per heavy atom. The fourth-order valence-electron chi connectivity index (χ4n) is 1.19. The predicted molar refractivity (Wildman–Crippen MR) is 66.8 cm³/mol. The van der Waals surface area contributed by atoms with Crippen LogP contribution in [-0.4, -0.2) is 35.7 Å². The van der Waals surface area contributed by atoms with Crippen LogP contribution in [0.3, 0.4) is 0 Å².